The minimum absolute atomic E-state index is 0.0422. The number of halogens is 1. The number of benzene rings is 1. The Hall–Kier alpha value is -0.830. The second-order valence-electron chi connectivity index (χ2n) is 5.17. The summed E-state index contributed by atoms with van der Waals surface area (Å²) in [5.41, 5.74) is 0.737. The summed E-state index contributed by atoms with van der Waals surface area (Å²) in [4.78, 5) is 12.1. The third-order valence-corrected chi connectivity index (χ3v) is 4.35. The summed E-state index contributed by atoms with van der Waals surface area (Å²) in [5, 5.41) is 3.13. The van der Waals surface area contributed by atoms with E-state index in [1.807, 2.05) is 24.3 Å². The lowest BCUT2D eigenvalue weighted by Gasteiger charge is -2.28. The quantitative estimate of drug-likeness (QED) is 0.893. The van der Waals surface area contributed by atoms with E-state index in [1.54, 1.807) is 0 Å². The zero-order valence-electron chi connectivity index (χ0n) is 10.8. The van der Waals surface area contributed by atoms with Crippen molar-refractivity contribution < 1.29 is 4.79 Å². The van der Waals surface area contributed by atoms with E-state index in [-0.39, 0.29) is 11.9 Å². The van der Waals surface area contributed by atoms with E-state index < -0.39 is 0 Å². The molecule has 1 aromatic rings. The number of hydrogen-bond donors (Lipinski definition) is 1. The molecule has 1 atom stereocenters. The molecule has 1 saturated carbocycles. The van der Waals surface area contributed by atoms with Gasteiger partial charge in [-0.2, -0.15) is 0 Å². The summed E-state index contributed by atoms with van der Waals surface area (Å²) in [6.45, 7) is 2.13. The van der Waals surface area contributed by atoms with Gasteiger partial charge in [-0.1, -0.05) is 35.2 Å². The van der Waals surface area contributed by atoms with E-state index in [4.69, 9.17) is 0 Å². The van der Waals surface area contributed by atoms with Crippen LogP contribution in [0.5, 0.6) is 0 Å². The van der Waals surface area contributed by atoms with Crippen LogP contribution in [0.25, 0.3) is 0 Å². The molecule has 0 bridgehead atoms. The van der Waals surface area contributed by atoms with E-state index in [2.05, 4.69) is 28.2 Å². The van der Waals surface area contributed by atoms with Crippen molar-refractivity contribution in [2.75, 3.05) is 0 Å². The van der Waals surface area contributed by atoms with Gasteiger partial charge in [-0.15, -0.1) is 0 Å². The third-order valence-electron chi connectivity index (χ3n) is 3.82. The lowest BCUT2D eigenvalue weighted by Crippen LogP contribution is -2.38. The van der Waals surface area contributed by atoms with Gasteiger partial charge in [0.2, 0.25) is 0 Å². The molecule has 1 fully saturated rings. The Labute approximate surface area is 117 Å². The molecular formula is C15H20BrNO. The molecule has 1 aromatic carbocycles. The maximum Gasteiger partial charge on any atom is 0.251 e. The lowest BCUT2D eigenvalue weighted by atomic mass is 9.84. The van der Waals surface area contributed by atoms with Gasteiger partial charge in [0, 0.05) is 16.1 Å². The van der Waals surface area contributed by atoms with Gasteiger partial charge in [0.25, 0.3) is 5.91 Å². The highest BCUT2D eigenvalue weighted by Crippen LogP contribution is 2.26. The Morgan fingerprint density at radius 3 is 2.44 bits per heavy atom. The van der Waals surface area contributed by atoms with Crippen LogP contribution >= 0.6 is 15.9 Å². The minimum Gasteiger partial charge on any atom is -0.349 e. The standard InChI is InChI=1S/C15H20BrNO/c1-11(12-5-3-2-4-6-12)17-15(18)13-7-9-14(16)10-8-13/h7-12H,2-6H2,1H3,(H,17,18). The average Bonchev–Trinajstić information content (AvgIpc) is 2.40. The van der Waals surface area contributed by atoms with E-state index in [9.17, 15) is 4.79 Å². The van der Waals surface area contributed by atoms with Gasteiger partial charge in [0.1, 0.15) is 0 Å². The SMILES string of the molecule is CC(NC(=O)c1ccc(Br)cc1)C1CCCCC1. The van der Waals surface area contributed by atoms with Crippen molar-refractivity contribution in [2.24, 2.45) is 5.92 Å². The average molecular weight is 310 g/mol. The van der Waals surface area contributed by atoms with Crippen LogP contribution in [0.3, 0.4) is 0 Å². The van der Waals surface area contributed by atoms with Gasteiger partial charge in [-0.25, -0.2) is 0 Å². The van der Waals surface area contributed by atoms with Gasteiger partial charge in [-0.3, -0.25) is 4.79 Å². The molecule has 0 radical (unpaired) electrons. The molecule has 1 aliphatic rings. The van der Waals surface area contributed by atoms with Gasteiger partial charge in [-0.05, 0) is 49.9 Å². The predicted octanol–water partition coefficient (Wildman–Crippen LogP) is 4.15. The summed E-state index contributed by atoms with van der Waals surface area (Å²) in [6, 6.07) is 7.79. The first kappa shape index (κ1) is 13.6. The lowest BCUT2D eigenvalue weighted by molar-refractivity contribution is 0.0919. The Balaban J connectivity index is 1.91. The third kappa shape index (κ3) is 3.58. The first-order valence-electron chi connectivity index (χ1n) is 6.73. The van der Waals surface area contributed by atoms with Crippen LogP contribution in [-0.2, 0) is 0 Å². The molecule has 18 heavy (non-hydrogen) atoms. The Morgan fingerprint density at radius 2 is 1.83 bits per heavy atom. The summed E-state index contributed by atoms with van der Waals surface area (Å²) < 4.78 is 0.999. The molecule has 2 nitrogen and oxygen atoms in total. The molecule has 0 saturated heterocycles. The largest absolute Gasteiger partial charge is 0.349 e. The van der Waals surface area contributed by atoms with E-state index in [0.717, 1.165) is 10.0 Å². The normalized spacial score (nSPS) is 18.3. The molecule has 0 aliphatic heterocycles. The first-order valence-corrected chi connectivity index (χ1v) is 7.52. The fraction of sp³-hybridized carbons (Fsp3) is 0.533. The number of hydrogen-bond acceptors (Lipinski definition) is 1. The molecule has 1 N–H and O–H groups in total. The topological polar surface area (TPSA) is 29.1 Å². The van der Waals surface area contributed by atoms with Crippen molar-refractivity contribution in [3.8, 4) is 0 Å². The molecular weight excluding hydrogens is 290 g/mol. The molecule has 2 rings (SSSR count). The Bertz CT molecular complexity index is 395. The molecule has 0 spiro atoms. The summed E-state index contributed by atoms with van der Waals surface area (Å²) in [5.74, 6) is 0.693. The van der Waals surface area contributed by atoms with Crippen LogP contribution in [0, 0.1) is 5.92 Å². The maximum absolute atomic E-state index is 12.1. The maximum atomic E-state index is 12.1. The fourth-order valence-corrected chi connectivity index (χ4v) is 2.91. The van der Waals surface area contributed by atoms with E-state index in [1.165, 1.54) is 32.1 Å². The molecule has 1 unspecified atom stereocenters. The molecule has 98 valence electrons. The van der Waals surface area contributed by atoms with Crippen LogP contribution in [-0.4, -0.2) is 11.9 Å². The van der Waals surface area contributed by atoms with Crippen molar-refractivity contribution in [3.63, 3.8) is 0 Å². The van der Waals surface area contributed by atoms with Crippen molar-refractivity contribution in [2.45, 2.75) is 45.1 Å². The highest BCUT2D eigenvalue weighted by Gasteiger charge is 2.21. The van der Waals surface area contributed by atoms with E-state index >= 15 is 0 Å². The van der Waals surface area contributed by atoms with Gasteiger partial charge < -0.3 is 5.32 Å². The number of rotatable bonds is 3. The molecule has 0 aromatic heterocycles. The van der Waals surface area contributed by atoms with Crippen molar-refractivity contribution in [1.82, 2.24) is 5.32 Å². The molecule has 1 aliphatic carbocycles. The smallest absolute Gasteiger partial charge is 0.251 e. The Kier molecular flexibility index (Phi) is 4.81. The molecule has 0 heterocycles. The van der Waals surface area contributed by atoms with Crippen molar-refractivity contribution in [3.05, 3.63) is 34.3 Å². The number of amides is 1. The van der Waals surface area contributed by atoms with Crippen LogP contribution in [0.1, 0.15) is 49.4 Å². The van der Waals surface area contributed by atoms with Crippen molar-refractivity contribution >= 4 is 21.8 Å². The van der Waals surface area contributed by atoms with Gasteiger partial charge in [0.15, 0.2) is 0 Å². The number of carbonyl (C=O) groups is 1. The second-order valence-corrected chi connectivity index (χ2v) is 6.08. The first-order chi connectivity index (χ1) is 8.66. The van der Waals surface area contributed by atoms with Crippen molar-refractivity contribution in [1.29, 1.82) is 0 Å². The predicted molar refractivity (Wildman–Crippen MR) is 77.6 cm³/mol. The monoisotopic (exact) mass is 309 g/mol. The zero-order chi connectivity index (χ0) is 13.0. The van der Waals surface area contributed by atoms with E-state index in [0.29, 0.717) is 5.92 Å². The fourth-order valence-electron chi connectivity index (χ4n) is 2.64. The summed E-state index contributed by atoms with van der Waals surface area (Å²) in [7, 11) is 0. The number of carbonyl (C=O) groups excluding carboxylic acids is 1. The Morgan fingerprint density at radius 1 is 1.22 bits per heavy atom. The van der Waals surface area contributed by atoms with Crippen LogP contribution in [0.15, 0.2) is 28.7 Å². The van der Waals surface area contributed by atoms with Crippen LogP contribution in [0.2, 0.25) is 0 Å². The number of nitrogens with one attached hydrogen (secondary N) is 1. The molecule has 1 amide bonds. The minimum atomic E-state index is 0.0422. The van der Waals surface area contributed by atoms with Gasteiger partial charge >= 0.3 is 0 Å². The molecule has 3 heteroatoms. The summed E-state index contributed by atoms with van der Waals surface area (Å²) >= 11 is 3.38. The second kappa shape index (κ2) is 6.37. The zero-order valence-corrected chi connectivity index (χ0v) is 12.4. The summed E-state index contributed by atoms with van der Waals surface area (Å²) in [6.07, 6.45) is 6.47. The van der Waals surface area contributed by atoms with Gasteiger partial charge in [0.05, 0.1) is 0 Å². The van der Waals surface area contributed by atoms with Crippen LogP contribution in [0.4, 0.5) is 0 Å². The highest BCUT2D eigenvalue weighted by molar-refractivity contribution is 9.10. The van der Waals surface area contributed by atoms with Crippen LogP contribution < -0.4 is 5.32 Å². The highest BCUT2D eigenvalue weighted by atomic mass is 79.9.